The maximum absolute atomic E-state index is 6.33. The Morgan fingerprint density at radius 3 is 2.15 bits per heavy atom. The van der Waals surface area contributed by atoms with Gasteiger partial charge in [0.05, 0.1) is 0 Å². The number of rotatable bonds is 3. The topological polar surface area (TPSA) is 3.24 Å². The fourth-order valence-electron chi connectivity index (χ4n) is 1.91. The zero-order chi connectivity index (χ0) is 9.68. The van der Waals surface area contributed by atoms with Gasteiger partial charge < -0.3 is 4.90 Å². The quantitative estimate of drug-likeness (QED) is 0.629. The lowest BCUT2D eigenvalue weighted by Gasteiger charge is -2.25. The molecule has 0 atom stereocenters. The minimum absolute atomic E-state index is 1.03. The van der Waals surface area contributed by atoms with Crippen LogP contribution in [-0.4, -0.2) is 18.0 Å². The van der Waals surface area contributed by atoms with Crippen molar-refractivity contribution < 1.29 is 0 Å². The SMILES string of the molecule is CCN(CC)C(Cl)=C1CCCCC1. The molecule has 1 fully saturated rings. The molecule has 0 aromatic rings. The van der Waals surface area contributed by atoms with Crippen molar-refractivity contribution >= 4 is 11.6 Å². The molecule has 0 heterocycles. The summed E-state index contributed by atoms with van der Waals surface area (Å²) in [5.74, 6) is 0. The molecule has 0 saturated heterocycles. The van der Waals surface area contributed by atoms with Gasteiger partial charge in [-0.15, -0.1) is 0 Å². The van der Waals surface area contributed by atoms with E-state index in [1.165, 1.54) is 37.7 Å². The highest BCUT2D eigenvalue weighted by molar-refractivity contribution is 6.29. The predicted octanol–water partition coefficient (Wildman–Crippen LogP) is 3.74. The molecular formula is C11H20ClN. The second-order valence-electron chi connectivity index (χ2n) is 3.63. The van der Waals surface area contributed by atoms with E-state index in [4.69, 9.17) is 11.6 Å². The molecule has 0 amide bonds. The van der Waals surface area contributed by atoms with E-state index in [0.29, 0.717) is 0 Å². The van der Waals surface area contributed by atoms with E-state index in [2.05, 4.69) is 18.7 Å². The third-order valence-corrected chi connectivity index (χ3v) is 3.30. The van der Waals surface area contributed by atoms with Crippen LogP contribution in [0.5, 0.6) is 0 Å². The molecule has 13 heavy (non-hydrogen) atoms. The fraction of sp³-hybridized carbons (Fsp3) is 0.818. The molecule has 1 nitrogen and oxygen atoms in total. The van der Waals surface area contributed by atoms with Crippen LogP contribution in [0.25, 0.3) is 0 Å². The van der Waals surface area contributed by atoms with Crippen molar-refractivity contribution in [2.24, 2.45) is 0 Å². The minimum atomic E-state index is 1.03. The van der Waals surface area contributed by atoms with Crippen molar-refractivity contribution in [1.82, 2.24) is 4.90 Å². The van der Waals surface area contributed by atoms with Crippen molar-refractivity contribution in [3.05, 3.63) is 10.7 Å². The molecule has 76 valence electrons. The minimum Gasteiger partial charge on any atom is -0.363 e. The number of nitrogens with zero attached hydrogens (tertiary/aromatic N) is 1. The summed E-state index contributed by atoms with van der Waals surface area (Å²) in [6, 6.07) is 0. The largest absolute Gasteiger partial charge is 0.363 e. The highest BCUT2D eigenvalue weighted by atomic mass is 35.5. The van der Waals surface area contributed by atoms with Gasteiger partial charge in [0.25, 0.3) is 0 Å². The van der Waals surface area contributed by atoms with Gasteiger partial charge in [-0.05, 0) is 45.1 Å². The summed E-state index contributed by atoms with van der Waals surface area (Å²) in [5.41, 5.74) is 1.48. The van der Waals surface area contributed by atoms with Gasteiger partial charge in [-0.1, -0.05) is 18.0 Å². The van der Waals surface area contributed by atoms with Crippen LogP contribution >= 0.6 is 11.6 Å². The third kappa shape index (κ3) is 2.91. The van der Waals surface area contributed by atoms with Crippen molar-refractivity contribution in [3.8, 4) is 0 Å². The van der Waals surface area contributed by atoms with Crippen LogP contribution in [0.1, 0.15) is 46.0 Å². The Labute approximate surface area is 86.8 Å². The molecular weight excluding hydrogens is 182 g/mol. The Hall–Kier alpha value is -0.170. The molecule has 0 radical (unpaired) electrons. The van der Waals surface area contributed by atoms with E-state index in [0.717, 1.165) is 18.2 Å². The summed E-state index contributed by atoms with van der Waals surface area (Å²) in [6.45, 7) is 6.38. The molecule has 0 spiro atoms. The van der Waals surface area contributed by atoms with Crippen LogP contribution in [-0.2, 0) is 0 Å². The van der Waals surface area contributed by atoms with Crippen LogP contribution in [0, 0.1) is 0 Å². The van der Waals surface area contributed by atoms with E-state index < -0.39 is 0 Å². The molecule has 1 aliphatic carbocycles. The standard InChI is InChI=1S/C11H20ClN/c1-3-13(4-2)11(12)10-8-6-5-7-9-10/h3-9H2,1-2H3. The molecule has 0 aromatic heterocycles. The van der Waals surface area contributed by atoms with Gasteiger partial charge in [0.1, 0.15) is 5.16 Å². The monoisotopic (exact) mass is 201 g/mol. The highest BCUT2D eigenvalue weighted by Crippen LogP contribution is 2.28. The maximum Gasteiger partial charge on any atom is 0.103 e. The van der Waals surface area contributed by atoms with Crippen molar-refractivity contribution in [3.63, 3.8) is 0 Å². The molecule has 0 aromatic carbocycles. The number of allylic oxidation sites excluding steroid dienone is 1. The number of hydrogen-bond acceptors (Lipinski definition) is 1. The summed E-state index contributed by atoms with van der Waals surface area (Å²) in [4.78, 5) is 2.25. The first-order valence-corrected chi connectivity index (χ1v) is 5.79. The van der Waals surface area contributed by atoms with Crippen molar-refractivity contribution in [2.45, 2.75) is 46.0 Å². The predicted molar refractivity (Wildman–Crippen MR) is 58.9 cm³/mol. The van der Waals surface area contributed by atoms with E-state index in [1.54, 1.807) is 0 Å². The van der Waals surface area contributed by atoms with E-state index >= 15 is 0 Å². The molecule has 0 aliphatic heterocycles. The van der Waals surface area contributed by atoms with Gasteiger partial charge in [-0.2, -0.15) is 0 Å². The molecule has 0 bridgehead atoms. The van der Waals surface area contributed by atoms with Gasteiger partial charge in [0, 0.05) is 13.1 Å². The Bertz CT molecular complexity index is 175. The summed E-state index contributed by atoms with van der Waals surface area (Å²) >= 11 is 6.33. The normalized spacial score (nSPS) is 17.3. The molecule has 1 aliphatic rings. The van der Waals surface area contributed by atoms with Gasteiger partial charge in [-0.3, -0.25) is 0 Å². The summed E-state index contributed by atoms with van der Waals surface area (Å²) in [7, 11) is 0. The number of halogens is 1. The Morgan fingerprint density at radius 2 is 1.69 bits per heavy atom. The average Bonchev–Trinajstić information content (AvgIpc) is 2.21. The molecule has 0 N–H and O–H groups in total. The summed E-state index contributed by atoms with van der Waals surface area (Å²) < 4.78 is 0. The van der Waals surface area contributed by atoms with Gasteiger partial charge in [0.2, 0.25) is 0 Å². The zero-order valence-corrected chi connectivity index (χ0v) is 9.53. The lowest BCUT2D eigenvalue weighted by molar-refractivity contribution is 0.395. The van der Waals surface area contributed by atoms with Crippen LogP contribution < -0.4 is 0 Å². The lowest BCUT2D eigenvalue weighted by Crippen LogP contribution is -2.21. The van der Waals surface area contributed by atoms with Crippen molar-refractivity contribution in [1.29, 1.82) is 0 Å². The lowest BCUT2D eigenvalue weighted by atomic mass is 9.95. The molecule has 1 rings (SSSR count). The van der Waals surface area contributed by atoms with Crippen molar-refractivity contribution in [2.75, 3.05) is 13.1 Å². The Kier molecular flexibility index (Phi) is 4.65. The molecule has 2 heteroatoms. The average molecular weight is 202 g/mol. The second kappa shape index (κ2) is 5.54. The number of hydrogen-bond donors (Lipinski definition) is 0. The fourth-order valence-corrected chi connectivity index (χ4v) is 2.34. The summed E-state index contributed by atoms with van der Waals surface area (Å²) in [5, 5.41) is 1.03. The molecule has 0 unspecified atom stereocenters. The zero-order valence-electron chi connectivity index (χ0n) is 8.77. The van der Waals surface area contributed by atoms with Gasteiger partial charge >= 0.3 is 0 Å². The van der Waals surface area contributed by atoms with Crippen LogP contribution in [0.15, 0.2) is 10.7 Å². The first kappa shape index (κ1) is 10.9. The third-order valence-electron chi connectivity index (χ3n) is 2.79. The first-order chi connectivity index (χ1) is 6.29. The van der Waals surface area contributed by atoms with Crippen LogP contribution in [0.2, 0.25) is 0 Å². The Balaban J connectivity index is 2.63. The van der Waals surface area contributed by atoms with Gasteiger partial charge in [-0.25, -0.2) is 0 Å². The highest BCUT2D eigenvalue weighted by Gasteiger charge is 2.12. The Morgan fingerprint density at radius 1 is 1.15 bits per heavy atom. The van der Waals surface area contributed by atoms with E-state index in [-0.39, 0.29) is 0 Å². The summed E-state index contributed by atoms with van der Waals surface area (Å²) in [6.07, 6.45) is 6.47. The van der Waals surface area contributed by atoms with Gasteiger partial charge in [0.15, 0.2) is 0 Å². The van der Waals surface area contributed by atoms with E-state index in [1.807, 2.05) is 0 Å². The van der Waals surface area contributed by atoms with Crippen LogP contribution in [0.4, 0.5) is 0 Å². The van der Waals surface area contributed by atoms with Crippen LogP contribution in [0.3, 0.4) is 0 Å². The molecule has 1 saturated carbocycles. The maximum atomic E-state index is 6.33. The second-order valence-corrected chi connectivity index (χ2v) is 3.99. The smallest absolute Gasteiger partial charge is 0.103 e. The first-order valence-electron chi connectivity index (χ1n) is 5.42. The van der Waals surface area contributed by atoms with E-state index in [9.17, 15) is 0 Å².